The van der Waals surface area contributed by atoms with Crippen molar-refractivity contribution in [1.29, 1.82) is 0 Å². The summed E-state index contributed by atoms with van der Waals surface area (Å²) in [5, 5.41) is 9.21. The number of nitrogens with zero attached hydrogens (tertiary/aromatic N) is 1. The molecule has 2 unspecified atom stereocenters. The summed E-state index contributed by atoms with van der Waals surface area (Å²) in [4.78, 5) is 14.7. The molecule has 1 heterocycles. The summed E-state index contributed by atoms with van der Waals surface area (Å²) in [6.45, 7) is 4.51. The van der Waals surface area contributed by atoms with Crippen LogP contribution in [0.3, 0.4) is 0 Å². The molecule has 2 atom stereocenters. The highest BCUT2D eigenvalue weighted by Crippen LogP contribution is 2.30. The van der Waals surface area contributed by atoms with E-state index in [0.29, 0.717) is 12.3 Å². The number of amides is 1. The first-order valence-electron chi connectivity index (χ1n) is 8.35. The van der Waals surface area contributed by atoms with Gasteiger partial charge in [0.2, 0.25) is 0 Å². The lowest BCUT2D eigenvalue weighted by Crippen LogP contribution is -2.45. The fourth-order valence-corrected chi connectivity index (χ4v) is 3.28. The molecule has 2 aromatic rings. The first-order valence-corrected chi connectivity index (χ1v) is 8.35. The molecule has 2 aromatic carbocycles. The molecule has 1 N–H and O–H groups in total. The summed E-state index contributed by atoms with van der Waals surface area (Å²) >= 11 is 0. The van der Waals surface area contributed by atoms with E-state index in [1.807, 2.05) is 29.2 Å². The molecule has 24 heavy (non-hydrogen) atoms. The highest BCUT2D eigenvalue weighted by atomic mass is 16.5. The van der Waals surface area contributed by atoms with Gasteiger partial charge in [0.15, 0.2) is 6.10 Å². The number of ether oxygens (including phenoxy) is 1. The van der Waals surface area contributed by atoms with Gasteiger partial charge in [0.25, 0.3) is 5.91 Å². The first-order chi connectivity index (χ1) is 11.6. The van der Waals surface area contributed by atoms with Crippen LogP contribution in [0, 0.1) is 0 Å². The van der Waals surface area contributed by atoms with Gasteiger partial charge in [-0.2, -0.15) is 0 Å². The molecule has 1 amide bonds. The molecular formula is C20H23NO3. The van der Waals surface area contributed by atoms with Gasteiger partial charge in [-0.25, -0.2) is 0 Å². The van der Waals surface area contributed by atoms with Crippen molar-refractivity contribution in [3.8, 4) is 5.75 Å². The molecule has 0 saturated heterocycles. The standard InChI is InChI=1S/C20H23NO3/c1-14-19-9-4-3-7-17(19)10-11-21(14)20(23)15(2)24-18-8-5-6-16(12-18)13-22/h3-9,12,14-15,22H,10-11,13H2,1-2H3. The summed E-state index contributed by atoms with van der Waals surface area (Å²) in [6, 6.07) is 15.5. The number of carbonyl (C=O) groups excluding carboxylic acids is 1. The van der Waals surface area contributed by atoms with Gasteiger partial charge in [0.05, 0.1) is 12.6 Å². The van der Waals surface area contributed by atoms with E-state index >= 15 is 0 Å². The summed E-state index contributed by atoms with van der Waals surface area (Å²) in [6.07, 6.45) is 0.311. The Morgan fingerprint density at radius 3 is 2.88 bits per heavy atom. The third-order valence-electron chi connectivity index (χ3n) is 4.62. The minimum atomic E-state index is -0.563. The molecule has 0 spiro atoms. The maximum atomic E-state index is 12.8. The van der Waals surface area contributed by atoms with Gasteiger partial charge in [0, 0.05) is 6.54 Å². The number of fused-ring (bicyclic) bond motifs is 1. The minimum Gasteiger partial charge on any atom is -0.481 e. The van der Waals surface area contributed by atoms with Crippen LogP contribution in [0.25, 0.3) is 0 Å². The van der Waals surface area contributed by atoms with Crippen LogP contribution < -0.4 is 4.74 Å². The zero-order valence-electron chi connectivity index (χ0n) is 14.1. The van der Waals surface area contributed by atoms with E-state index in [1.165, 1.54) is 11.1 Å². The predicted octanol–water partition coefficient (Wildman–Crippen LogP) is 3.09. The molecule has 0 bridgehead atoms. The largest absolute Gasteiger partial charge is 0.481 e. The van der Waals surface area contributed by atoms with Crippen molar-refractivity contribution in [2.45, 2.75) is 39.0 Å². The molecule has 3 rings (SSSR count). The normalized spacial score (nSPS) is 18.0. The summed E-state index contributed by atoms with van der Waals surface area (Å²) in [5.74, 6) is 0.596. The summed E-state index contributed by atoms with van der Waals surface area (Å²) < 4.78 is 5.81. The van der Waals surface area contributed by atoms with Crippen LogP contribution in [0.1, 0.15) is 36.6 Å². The Balaban J connectivity index is 1.72. The van der Waals surface area contributed by atoms with Crippen LogP contribution >= 0.6 is 0 Å². The third-order valence-corrected chi connectivity index (χ3v) is 4.62. The van der Waals surface area contributed by atoms with E-state index in [4.69, 9.17) is 4.74 Å². The Hall–Kier alpha value is -2.33. The number of benzene rings is 2. The zero-order valence-corrected chi connectivity index (χ0v) is 14.1. The van der Waals surface area contributed by atoms with Crippen molar-refractivity contribution in [2.75, 3.05) is 6.54 Å². The SMILES string of the molecule is CC(Oc1cccc(CO)c1)C(=O)N1CCc2ccccc2C1C. The van der Waals surface area contributed by atoms with Crippen LogP contribution in [-0.4, -0.2) is 28.6 Å². The smallest absolute Gasteiger partial charge is 0.263 e. The Labute approximate surface area is 142 Å². The van der Waals surface area contributed by atoms with Gasteiger partial charge in [-0.1, -0.05) is 36.4 Å². The Morgan fingerprint density at radius 1 is 1.29 bits per heavy atom. The Bertz CT molecular complexity index is 728. The topological polar surface area (TPSA) is 49.8 Å². The number of carbonyl (C=O) groups is 1. The van der Waals surface area contributed by atoms with Crippen LogP contribution in [0.5, 0.6) is 5.75 Å². The van der Waals surface area contributed by atoms with Crippen LogP contribution in [0.2, 0.25) is 0 Å². The van der Waals surface area contributed by atoms with E-state index in [1.54, 1.807) is 19.1 Å². The van der Waals surface area contributed by atoms with Crippen molar-refractivity contribution in [3.05, 3.63) is 65.2 Å². The molecule has 0 aromatic heterocycles. The lowest BCUT2D eigenvalue weighted by molar-refractivity contribution is -0.140. The molecule has 126 valence electrons. The molecule has 4 heteroatoms. The molecule has 0 saturated carbocycles. The zero-order chi connectivity index (χ0) is 17.1. The van der Waals surface area contributed by atoms with Crippen molar-refractivity contribution in [3.63, 3.8) is 0 Å². The van der Waals surface area contributed by atoms with E-state index in [0.717, 1.165) is 12.0 Å². The number of hydrogen-bond acceptors (Lipinski definition) is 3. The molecule has 1 aliphatic rings. The second-order valence-electron chi connectivity index (χ2n) is 6.22. The molecule has 0 radical (unpaired) electrons. The van der Waals surface area contributed by atoms with Crippen LogP contribution in [0.15, 0.2) is 48.5 Å². The molecule has 4 nitrogen and oxygen atoms in total. The summed E-state index contributed by atoms with van der Waals surface area (Å²) in [5.41, 5.74) is 3.30. The Kier molecular flexibility index (Phi) is 4.86. The van der Waals surface area contributed by atoms with Gasteiger partial charge in [-0.05, 0) is 49.1 Å². The van der Waals surface area contributed by atoms with Gasteiger partial charge < -0.3 is 14.7 Å². The molecule has 1 aliphatic heterocycles. The van der Waals surface area contributed by atoms with Gasteiger partial charge in [0.1, 0.15) is 5.75 Å². The molecule has 0 aliphatic carbocycles. The first kappa shape index (κ1) is 16.5. The van der Waals surface area contributed by atoms with E-state index in [2.05, 4.69) is 19.1 Å². The van der Waals surface area contributed by atoms with Gasteiger partial charge in [-0.3, -0.25) is 4.79 Å². The fourth-order valence-electron chi connectivity index (χ4n) is 3.28. The lowest BCUT2D eigenvalue weighted by atomic mass is 9.93. The van der Waals surface area contributed by atoms with Gasteiger partial charge >= 0.3 is 0 Å². The van der Waals surface area contributed by atoms with E-state index in [-0.39, 0.29) is 18.6 Å². The maximum absolute atomic E-state index is 12.8. The number of hydrogen-bond donors (Lipinski definition) is 1. The van der Waals surface area contributed by atoms with Crippen molar-refractivity contribution >= 4 is 5.91 Å². The number of aliphatic hydroxyl groups is 1. The van der Waals surface area contributed by atoms with E-state index < -0.39 is 6.10 Å². The van der Waals surface area contributed by atoms with Gasteiger partial charge in [-0.15, -0.1) is 0 Å². The number of aliphatic hydroxyl groups excluding tert-OH is 1. The molecular weight excluding hydrogens is 302 g/mol. The average Bonchev–Trinajstić information content (AvgIpc) is 2.62. The maximum Gasteiger partial charge on any atom is 0.263 e. The average molecular weight is 325 g/mol. The van der Waals surface area contributed by atoms with Crippen molar-refractivity contribution in [2.24, 2.45) is 0 Å². The molecule has 0 fully saturated rings. The number of rotatable bonds is 4. The third kappa shape index (κ3) is 3.29. The second-order valence-corrected chi connectivity index (χ2v) is 6.22. The monoisotopic (exact) mass is 325 g/mol. The predicted molar refractivity (Wildman–Crippen MR) is 92.7 cm³/mol. The quantitative estimate of drug-likeness (QED) is 0.940. The van der Waals surface area contributed by atoms with Crippen molar-refractivity contribution in [1.82, 2.24) is 4.90 Å². The highest BCUT2D eigenvalue weighted by molar-refractivity contribution is 5.81. The van der Waals surface area contributed by atoms with E-state index in [9.17, 15) is 9.90 Å². The summed E-state index contributed by atoms with van der Waals surface area (Å²) in [7, 11) is 0. The second kappa shape index (κ2) is 7.05. The van der Waals surface area contributed by atoms with Crippen LogP contribution in [-0.2, 0) is 17.8 Å². The minimum absolute atomic E-state index is 0.00796. The fraction of sp³-hybridized carbons (Fsp3) is 0.350. The van der Waals surface area contributed by atoms with Crippen molar-refractivity contribution < 1.29 is 14.6 Å². The van der Waals surface area contributed by atoms with Crippen LogP contribution in [0.4, 0.5) is 0 Å². The highest BCUT2D eigenvalue weighted by Gasteiger charge is 2.30. The Morgan fingerprint density at radius 2 is 2.08 bits per heavy atom. The lowest BCUT2D eigenvalue weighted by Gasteiger charge is -2.36.